The second-order valence-electron chi connectivity index (χ2n) is 7.38. The number of hydrogen-bond acceptors (Lipinski definition) is 5. The van der Waals surface area contributed by atoms with Crippen LogP contribution in [0.25, 0.3) is 10.9 Å². The van der Waals surface area contributed by atoms with Gasteiger partial charge >= 0.3 is 174 Å². The number of hydrogen-bond donors (Lipinski definition) is 3. The Hall–Kier alpha value is -2.53. The molecule has 2 aromatic heterocycles. The van der Waals surface area contributed by atoms with E-state index in [-0.39, 0.29) is 5.56 Å². The van der Waals surface area contributed by atoms with Crippen molar-refractivity contribution in [1.82, 2.24) is 14.5 Å². The number of nitrogens with one attached hydrogen (secondary N) is 2. The SMILES string of the molecule is CC(C)CC([AsH2])CNc1ncc(C(N)=O)c(Nc2cccc3c2ccn3C)n1. The second kappa shape index (κ2) is 8.65. The molecule has 0 bridgehead atoms. The van der Waals surface area contributed by atoms with Crippen LogP contribution in [0.4, 0.5) is 17.5 Å². The van der Waals surface area contributed by atoms with Crippen molar-refractivity contribution in [2.75, 3.05) is 17.2 Å². The second-order valence-corrected chi connectivity index (χ2v) is 9.36. The Bertz CT molecular complexity index is 984. The van der Waals surface area contributed by atoms with E-state index >= 15 is 0 Å². The van der Waals surface area contributed by atoms with E-state index in [1.165, 1.54) is 6.20 Å². The summed E-state index contributed by atoms with van der Waals surface area (Å²) in [6, 6.07) is 7.98. The minimum atomic E-state index is -0.564. The van der Waals surface area contributed by atoms with Crippen LogP contribution < -0.4 is 16.4 Å². The molecule has 0 spiro atoms. The summed E-state index contributed by atoms with van der Waals surface area (Å²) in [4.78, 5) is 20.6. The molecular weight excluding hydrogens is 415 g/mol. The molecule has 0 aliphatic rings. The Kier molecular flexibility index (Phi) is 6.24. The molecule has 2 atom stereocenters. The zero-order chi connectivity index (χ0) is 20.3. The average Bonchev–Trinajstić information content (AvgIpc) is 3.02. The molecule has 0 aliphatic carbocycles. The van der Waals surface area contributed by atoms with Crippen molar-refractivity contribution < 1.29 is 4.79 Å². The van der Waals surface area contributed by atoms with Gasteiger partial charge in [0.1, 0.15) is 0 Å². The van der Waals surface area contributed by atoms with Crippen LogP contribution in [0.1, 0.15) is 30.6 Å². The van der Waals surface area contributed by atoms with Gasteiger partial charge < -0.3 is 0 Å². The van der Waals surface area contributed by atoms with Crippen LogP contribution in [-0.2, 0) is 7.05 Å². The standard InChI is InChI=1S/C20H27AsN6O/c1-12(2)9-13(21)10-23-20-24-11-15(18(22)28)19(26-20)25-16-5-4-6-17-14(16)7-8-27(17)3/h4-8,11-13H,9-10,21H2,1-3H3,(H2,22,28)(H2,23,24,25,26). The summed E-state index contributed by atoms with van der Waals surface area (Å²) < 4.78 is 2.60. The Morgan fingerprint density at radius 1 is 1.32 bits per heavy atom. The third kappa shape index (κ3) is 4.65. The predicted octanol–water partition coefficient (Wildman–Crippen LogP) is 2.69. The van der Waals surface area contributed by atoms with Gasteiger partial charge in [-0.15, -0.1) is 0 Å². The number of fused-ring (bicyclic) bond motifs is 1. The summed E-state index contributed by atoms with van der Waals surface area (Å²) >= 11 is 1.70. The zero-order valence-corrected chi connectivity index (χ0v) is 18.9. The average molecular weight is 442 g/mol. The van der Waals surface area contributed by atoms with Crippen LogP contribution in [0.3, 0.4) is 0 Å². The molecule has 7 nitrogen and oxygen atoms in total. The minimum absolute atomic E-state index is 0.262. The van der Waals surface area contributed by atoms with Gasteiger partial charge in [0.2, 0.25) is 0 Å². The number of carbonyl (C=O) groups is 1. The maximum atomic E-state index is 11.9. The van der Waals surface area contributed by atoms with Crippen molar-refractivity contribution in [2.45, 2.75) is 25.0 Å². The third-order valence-electron chi connectivity index (χ3n) is 4.53. The van der Waals surface area contributed by atoms with Crippen LogP contribution in [-0.4, -0.2) is 43.8 Å². The number of benzene rings is 1. The molecule has 4 N–H and O–H groups in total. The van der Waals surface area contributed by atoms with Crippen LogP contribution in [0.5, 0.6) is 0 Å². The monoisotopic (exact) mass is 442 g/mol. The Labute approximate surface area is 173 Å². The van der Waals surface area contributed by atoms with Gasteiger partial charge in [0, 0.05) is 0 Å². The molecule has 2 heterocycles. The van der Waals surface area contributed by atoms with Gasteiger partial charge in [0.15, 0.2) is 0 Å². The van der Waals surface area contributed by atoms with E-state index in [1.807, 2.05) is 42.1 Å². The van der Waals surface area contributed by atoms with Crippen molar-refractivity contribution >= 4 is 51.1 Å². The van der Waals surface area contributed by atoms with E-state index < -0.39 is 5.91 Å². The van der Waals surface area contributed by atoms with Crippen LogP contribution >= 0.6 is 0 Å². The molecule has 148 valence electrons. The first-order valence-electron chi connectivity index (χ1n) is 9.32. The first-order valence-corrected chi connectivity index (χ1v) is 10.7. The topological polar surface area (TPSA) is 97.9 Å². The van der Waals surface area contributed by atoms with Crippen LogP contribution in [0.2, 0.25) is 4.71 Å². The molecule has 1 aromatic carbocycles. The van der Waals surface area contributed by atoms with Gasteiger partial charge in [-0.3, -0.25) is 0 Å². The number of nitrogens with two attached hydrogens (primary N) is 1. The summed E-state index contributed by atoms with van der Waals surface area (Å²) in [6.07, 6.45) is 4.62. The first kappa shape index (κ1) is 20.2. The molecule has 1 amide bonds. The molecule has 0 fully saturated rings. The fourth-order valence-corrected chi connectivity index (χ4v) is 4.58. The van der Waals surface area contributed by atoms with E-state index in [2.05, 4.69) is 34.4 Å². The van der Waals surface area contributed by atoms with Gasteiger partial charge in [-0.1, -0.05) is 0 Å². The van der Waals surface area contributed by atoms with E-state index in [0.29, 0.717) is 22.4 Å². The van der Waals surface area contributed by atoms with Gasteiger partial charge in [-0.05, 0) is 0 Å². The zero-order valence-electron chi connectivity index (χ0n) is 16.4. The molecule has 8 heteroatoms. The molecule has 3 rings (SSSR count). The van der Waals surface area contributed by atoms with Crippen LogP contribution in [0.15, 0.2) is 36.7 Å². The molecule has 0 saturated heterocycles. The number of anilines is 3. The fraction of sp³-hybridized carbons (Fsp3) is 0.350. The van der Waals surface area contributed by atoms with Crippen LogP contribution in [0, 0.1) is 5.92 Å². The van der Waals surface area contributed by atoms with Crippen molar-refractivity contribution in [3.63, 3.8) is 0 Å². The van der Waals surface area contributed by atoms with Crippen molar-refractivity contribution in [1.29, 1.82) is 0 Å². The summed E-state index contributed by atoms with van der Waals surface area (Å²) in [5, 5.41) is 7.59. The van der Waals surface area contributed by atoms with E-state index in [9.17, 15) is 4.79 Å². The Balaban J connectivity index is 1.86. The first-order chi connectivity index (χ1) is 13.3. The molecule has 0 aliphatic heterocycles. The number of rotatable bonds is 8. The summed E-state index contributed by atoms with van der Waals surface area (Å²) in [5.41, 5.74) is 7.74. The van der Waals surface area contributed by atoms with Gasteiger partial charge in [-0.2, -0.15) is 0 Å². The quantitative estimate of drug-likeness (QED) is 0.466. The van der Waals surface area contributed by atoms with Crippen molar-refractivity contribution in [3.8, 4) is 0 Å². The van der Waals surface area contributed by atoms with E-state index in [1.54, 1.807) is 16.9 Å². The molecule has 0 radical (unpaired) electrons. The third-order valence-corrected chi connectivity index (χ3v) is 5.60. The van der Waals surface area contributed by atoms with E-state index in [0.717, 1.165) is 29.6 Å². The molecular formula is C20H27AsN6O. The molecule has 3 aromatic rings. The summed E-state index contributed by atoms with van der Waals surface area (Å²) in [5.74, 6) is 0.980. The summed E-state index contributed by atoms with van der Waals surface area (Å²) in [6.45, 7) is 5.23. The predicted molar refractivity (Wildman–Crippen MR) is 117 cm³/mol. The van der Waals surface area contributed by atoms with Crippen molar-refractivity contribution in [2.24, 2.45) is 18.7 Å². The fourth-order valence-electron chi connectivity index (χ4n) is 3.19. The van der Waals surface area contributed by atoms with Crippen molar-refractivity contribution in [3.05, 3.63) is 42.2 Å². The molecule has 28 heavy (non-hydrogen) atoms. The Morgan fingerprint density at radius 3 is 2.82 bits per heavy atom. The number of nitrogens with zero attached hydrogens (tertiary/aromatic N) is 3. The van der Waals surface area contributed by atoms with Gasteiger partial charge in [0.25, 0.3) is 0 Å². The van der Waals surface area contributed by atoms with E-state index in [4.69, 9.17) is 5.73 Å². The maximum absolute atomic E-state index is 11.9. The molecule has 2 unspecified atom stereocenters. The number of primary amides is 1. The number of carbonyl (C=O) groups excluding carboxylic acids is 1. The van der Waals surface area contributed by atoms with Gasteiger partial charge in [0.05, 0.1) is 0 Å². The Morgan fingerprint density at radius 2 is 2.11 bits per heavy atom. The number of amides is 1. The molecule has 0 saturated carbocycles. The normalized spacial score (nSPS) is 12.3. The number of aryl methyl sites for hydroxylation is 1. The summed E-state index contributed by atoms with van der Waals surface area (Å²) in [7, 11) is 1.99. The number of aromatic nitrogens is 3. The van der Waals surface area contributed by atoms with Gasteiger partial charge in [-0.25, -0.2) is 0 Å².